The van der Waals surface area contributed by atoms with Crippen LogP contribution in [-0.4, -0.2) is 33.2 Å². The van der Waals surface area contributed by atoms with Gasteiger partial charge in [-0.3, -0.25) is 4.98 Å². The smallest absolute Gasteiger partial charge is 0.395 e. The van der Waals surface area contributed by atoms with Crippen LogP contribution in [-0.2, 0) is 6.18 Å². The van der Waals surface area contributed by atoms with Crippen LogP contribution in [0.2, 0.25) is 0 Å². The molecule has 9 heteroatoms. The molecule has 2 heterocycles. The molecule has 0 saturated heterocycles. The molecule has 6 nitrogen and oxygen atoms in total. The third kappa shape index (κ3) is 4.74. The van der Waals surface area contributed by atoms with Gasteiger partial charge < -0.3 is 15.7 Å². The lowest BCUT2D eigenvalue weighted by Gasteiger charge is -2.14. The van der Waals surface area contributed by atoms with Crippen LogP contribution in [0.15, 0.2) is 48.8 Å². The van der Waals surface area contributed by atoms with Gasteiger partial charge in [0.15, 0.2) is 0 Å². The molecule has 0 aliphatic carbocycles. The van der Waals surface area contributed by atoms with Crippen molar-refractivity contribution in [3.8, 4) is 11.3 Å². The topological polar surface area (TPSA) is 83.0 Å². The molecule has 146 valence electrons. The molecule has 1 aromatic carbocycles. The lowest BCUT2D eigenvalue weighted by molar-refractivity contribution is -0.138. The zero-order valence-corrected chi connectivity index (χ0v) is 15.0. The molecule has 0 fully saturated rings. The van der Waals surface area contributed by atoms with Crippen LogP contribution >= 0.6 is 0 Å². The molecule has 0 atom stereocenters. The minimum atomic E-state index is -4.44. The number of anilines is 3. The maximum atomic E-state index is 13.2. The quantitative estimate of drug-likeness (QED) is 0.591. The Balaban J connectivity index is 1.97. The molecule has 0 radical (unpaired) electrons. The van der Waals surface area contributed by atoms with Crippen LogP contribution in [0.25, 0.3) is 11.3 Å². The Kier molecular flexibility index (Phi) is 5.74. The summed E-state index contributed by atoms with van der Waals surface area (Å²) < 4.78 is 39.5. The number of hydrogen-bond donors (Lipinski definition) is 3. The van der Waals surface area contributed by atoms with E-state index in [1.54, 1.807) is 36.7 Å². The van der Waals surface area contributed by atoms with Crippen molar-refractivity contribution < 1.29 is 18.3 Å². The second-order valence-electron chi connectivity index (χ2n) is 6.00. The highest BCUT2D eigenvalue weighted by molar-refractivity contribution is 5.67. The predicted molar refractivity (Wildman–Crippen MR) is 100 cm³/mol. The molecule has 28 heavy (non-hydrogen) atoms. The summed E-state index contributed by atoms with van der Waals surface area (Å²) in [5.41, 5.74) is 1.02. The Morgan fingerprint density at radius 1 is 1.04 bits per heavy atom. The fraction of sp³-hybridized carbons (Fsp3) is 0.211. The van der Waals surface area contributed by atoms with E-state index in [9.17, 15) is 13.2 Å². The second kappa shape index (κ2) is 8.22. The monoisotopic (exact) mass is 389 g/mol. The molecule has 3 rings (SSSR count). The molecule has 0 saturated carbocycles. The van der Waals surface area contributed by atoms with E-state index in [-0.39, 0.29) is 30.4 Å². The fourth-order valence-electron chi connectivity index (χ4n) is 2.58. The van der Waals surface area contributed by atoms with Crippen LogP contribution < -0.4 is 10.6 Å². The number of aliphatic hydroxyl groups excluding tert-OH is 1. The van der Waals surface area contributed by atoms with Gasteiger partial charge in [-0.15, -0.1) is 0 Å². The zero-order valence-electron chi connectivity index (χ0n) is 15.0. The van der Waals surface area contributed by atoms with E-state index in [0.29, 0.717) is 11.5 Å². The number of halogens is 3. The zero-order chi connectivity index (χ0) is 20.1. The summed E-state index contributed by atoms with van der Waals surface area (Å²) in [6.07, 6.45) is -1.22. The molecule has 3 aromatic rings. The molecule has 0 spiro atoms. The SMILES string of the molecule is Cc1ccc(Nc2cc(-c3ccncc3)nc(NCCO)n2)cc1C(F)(F)F. The van der Waals surface area contributed by atoms with E-state index >= 15 is 0 Å². The highest BCUT2D eigenvalue weighted by atomic mass is 19.4. The maximum absolute atomic E-state index is 13.2. The summed E-state index contributed by atoms with van der Waals surface area (Å²) in [6, 6.07) is 9.16. The number of aryl methyl sites for hydroxylation is 1. The molecule has 0 unspecified atom stereocenters. The molecule has 2 aromatic heterocycles. The second-order valence-corrected chi connectivity index (χ2v) is 6.00. The first-order chi connectivity index (χ1) is 13.4. The minimum absolute atomic E-state index is 0.113. The molecule has 0 bridgehead atoms. The lowest BCUT2D eigenvalue weighted by atomic mass is 10.1. The van der Waals surface area contributed by atoms with Gasteiger partial charge in [0, 0.05) is 36.3 Å². The number of aromatic nitrogens is 3. The van der Waals surface area contributed by atoms with Crippen molar-refractivity contribution in [1.29, 1.82) is 0 Å². The predicted octanol–water partition coefficient (Wildman–Crippen LogP) is 4.01. The third-order valence-corrected chi connectivity index (χ3v) is 3.91. The van der Waals surface area contributed by atoms with Crippen LogP contribution in [0, 0.1) is 6.92 Å². The van der Waals surface area contributed by atoms with Gasteiger partial charge >= 0.3 is 6.18 Å². The average Bonchev–Trinajstić information content (AvgIpc) is 2.67. The number of hydrogen-bond acceptors (Lipinski definition) is 6. The molecule has 0 aliphatic rings. The number of nitrogens with zero attached hydrogens (tertiary/aromatic N) is 3. The third-order valence-electron chi connectivity index (χ3n) is 3.91. The first-order valence-corrected chi connectivity index (χ1v) is 8.46. The van der Waals surface area contributed by atoms with Gasteiger partial charge in [-0.05, 0) is 36.8 Å². The Morgan fingerprint density at radius 3 is 2.46 bits per heavy atom. The van der Waals surface area contributed by atoms with Crippen molar-refractivity contribution >= 4 is 17.5 Å². The Morgan fingerprint density at radius 2 is 1.79 bits per heavy atom. The van der Waals surface area contributed by atoms with Gasteiger partial charge in [0.1, 0.15) is 5.82 Å². The Labute approximate surface area is 159 Å². The van der Waals surface area contributed by atoms with E-state index < -0.39 is 11.7 Å². The van der Waals surface area contributed by atoms with Gasteiger partial charge in [0.05, 0.1) is 17.9 Å². The minimum Gasteiger partial charge on any atom is -0.395 e. The highest BCUT2D eigenvalue weighted by Gasteiger charge is 2.32. The number of nitrogens with one attached hydrogen (secondary N) is 2. The van der Waals surface area contributed by atoms with Crippen LogP contribution in [0.5, 0.6) is 0 Å². The van der Waals surface area contributed by atoms with Gasteiger partial charge in [0.2, 0.25) is 5.95 Å². The van der Waals surface area contributed by atoms with Crippen LogP contribution in [0.1, 0.15) is 11.1 Å². The first kappa shape index (κ1) is 19.6. The van der Waals surface area contributed by atoms with Crippen molar-refractivity contribution in [3.05, 3.63) is 59.9 Å². The van der Waals surface area contributed by atoms with E-state index in [1.165, 1.54) is 13.0 Å². The van der Waals surface area contributed by atoms with Crippen molar-refractivity contribution in [2.45, 2.75) is 13.1 Å². The molecule has 3 N–H and O–H groups in total. The largest absolute Gasteiger partial charge is 0.416 e. The summed E-state index contributed by atoms with van der Waals surface area (Å²) in [4.78, 5) is 12.6. The van der Waals surface area contributed by atoms with E-state index in [2.05, 4.69) is 25.6 Å². The number of rotatable bonds is 6. The van der Waals surface area contributed by atoms with Gasteiger partial charge in [0.25, 0.3) is 0 Å². The summed E-state index contributed by atoms with van der Waals surface area (Å²) in [6.45, 7) is 1.54. The van der Waals surface area contributed by atoms with Crippen LogP contribution in [0.3, 0.4) is 0 Å². The molecule has 0 aliphatic heterocycles. The average molecular weight is 389 g/mol. The summed E-state index contributed by atoms with van der Waals surface area (Å²) in [5, 5.41) is 14.8. The summed E-state index contributed by atoms with van der Waals surface area (Å²) >= 11 is 0. The van der Waals surface area contributed by atoms with Crippen molar-refractivity contribution in [2.24, 2.45) is 0 Å². The van der Waals surface area contributed by atoms with Crippen molar-refractivity contribution in [1.82, 2.24) is 15.0 Å². The summed E-state index contributed by atoms with van der Waals surface area (Å²) in [7, 11) is 0. The van der Waals surface area contributed by atoms with E-state index in [1.807, 2.05) is 0 Å². The van der Waals surface area contributed by atoms with Crippen LogP contribution in [0.4, 0.5) is 30.6 Å². The molecular formula is C19H18F3N5O. The fourth-order valence-corrected chi connectivity index (χ4v) is 2.58. The number of benzene rings is 1. The van der Waals surface area contributed by atoms with Crippen molar-refractivity contribution in [2.75, 3.05) is 23.8 Å². The Hall–Kier alpha value is -3.20. The van der Waals surface area contributed by atoms with Crippen molar-refractivity contribution in [3.63, 3.8) is 0 Å². The maximum Gasteiger partial charge on any atom is 0.416 e. The first-order valence-electron chi connectivity index (χ1n) is 8.46. The lowest BCUT2D eigenvalue weighted by Crippen LogP contribution is -2.11. The molecule has 0 amide bonds. The van der Waals surface area contributed by atoms with Gasteiger partial charge in [-0.25, -0.2) is 4.98 Å². The van der Waals surface area contributed by atoms with Gasteiger partial charge in [-0.1, -0.05) is 6.07 Å². The molecular weight excluding hydrogens is 371 g/mol. The van der Waals surface area contributed by atoms with E-state index in [4.69, 9.17) is 5.11 Å². The van der Waals surface area contributed by atoms with E-state index in [0.717, 1.165) is 11.6 Å². The number of aliphatic hydroxyl groups is 1. The number of pyridine rings is 1. The highest BCUT2D eigenvalue weighted by Crippen LogP contribution is 2.34. The standard InChI is InChI=1S/C19H18F3N5O/c1-12-2-3-14(10-15(12)19(20,21)22)25-17-11-16(13-4-6-23-7-5-13)26-18(27-17)24-8-9-28/h2-7,10-11,28H,8-9H2,1H3,(H2,24,25,26,27). The number of alkyl halides is 3. The Bertz CT molecular complexity index is 948. The summed E-state index contributed by atoms with van der Waals surface area (Å²) in [5.74, 6) is 0.563. The van der Waals surface area contributed by atoms with Gasteiger partial charge in [-0.2, -0.15) is 18.2 Å². The normalized spacial score (nSPS) is 11.3.